The van der Waals surface area contributed by atoms with Gasteiger partial charge in [0.2, 0.25) is 5.82 Å². The number of aromatic nitrogens is 1. The van der Waals surface area contributed by atoms with Crippen LogP contribution in [0, 0.1) is 0 Å². The molecule has 1 N–H and O–H groups in total. The van der Waals surface area contributed by atoms with Gasteiger partial charge in [0.05, 0.1) is 0 Å². The Labute approximate surface area is 45.5 Å². The SMILES string of the molecule is c1nc2c(o1)OCN2. The lowest BCUT2D eigenvalue weighted by molar-refractivity contribution is 0.282. The highest BCUT2D eigenvalue weighted by molar-refractivity contribution is 5.45. The Balaban J connectivity index is 2.54. The zero-order chi connectivity index (χ0) is 5.40. The lowest BCUT2D eigenvalue weighted by Gasteiger charge is -1.85. The molecule has 0 fully saturated rings. The molecule has 0 atom stereocenters. The van der Waals surface area contributed by atoms with E-state index in [4.69, 9.17) is 9.15 Å². The molecule has 0 saturated carbocycles. The Bertz CT molecular complexity index is 177. The highest BCUT2D eigenvalue weighted by Crippen LogP contribution is 2.25. The first-order valence-electron chi connectivity index (χ1n) is 2.27. The summed E-state index contributed by atoms with van der Waals surface area (Å²) in [5, 5.41) is 2.85. The Morgan fingerprint density at radius 3 is 3.62 bits per heavy atom. The van der Waals surface area contributed by atoms with Crippen molar-refractivity contribution in [1.82, 2.24) is 4.98 Å². The number of fused-ring (bicyclic) bond motifs is 1. The second-order valence-electron chi connectivity index (χ2n) is 1.45. The minimum Gasteiger partial charge on any atom is -0.441 e. The molecule has 1 aliphatic rings. The van der Waals surface area contributed by atoms with Crippen molar-refractivity contribution in [2.75, 3.05) is 12.0 Å². The number of rotatable bonds is 0. The van der Waals surface area contributed by atoms with Gasteiger partial charge < -0.3 is 14.5 Å². The van der Waals surface area contributed by atoms with Crippen LogP contribution in [0.5, 0.6) is 5.95 Å². The van der Waals surface area contributed by atoms with Gasteiger partial charge in [-0.05, 0) is 0 Å². The quantitative estimate of drug-likeness (QED) is 0.528. The average molecular weight is 112 g/mol. The third kappa shape index (κ3) is 0.318. The smallest absolute Gasteiger partial charge is 0.332 e. The van der Waals surface area contributed by atoms with Gasteiger partial charge in [0.25, 0.3) is 0 Å². The van der Waals surface area contributed by atoms with Gasteiger partial charge in [-0.3, -0.25) is 0 Å². The largest absolute Gasteiger partial charge is 0.441 e. The van der Waals surface area contributed by atoms with E-state index in [0.29, 0.717) is 18.5 Å². The zero-order valence-electron chi connectivity index (χ0n) is 4.05. The molecular weight excluding hydrogens is 108 g/mol. The monoisotopic (exact) mass is 112 g/mol. The van der Waals surface area contributed by atoms with Gasteiger partial charge in [-0.2, -0.15) is 4.98 Å². The number of anilines is 1. The molecule has 0 unspecified atom stereocenters. The summed E-state index contributed by atoms with van der Waals surface area (Å²) < 4.78 is 9.68. The first kappa shape index (κ1) is 3.77. The fourth-order valence-corrected chi connectivity index (χ4v) is 0.626. The number of oxazole rings is 1. The number of nitrogens with zero attached hydrogens (tertiary/aromatic N) is 1. The van der Waals surface area contributed by atoms with Crippen molar-refractivity contribution in [2.45, 2.75) is 0 Å². The van der Waals surface area contributed by atoms with Crippen LogP contribution in [0.15, 0.2) is 10.8 Å². The van der Waals surface area contributed by atoms with Crippen LogP contribution < -0.4 is 10.1 Å². The van der Waals surface area contributed by atoms with Gasteiger partial charge in [0, 0.05) is 0 Å². The Kier molecular flexibility index (Phi) is 0.542. The van der Waals surface area contributed by atoms with Gasteiger partial charge in [-0.15, -0.1) is 0 Å². The lowest BCUT2D eigenvalue weighted by Crippen LogP contribution is -1.97. The van der Waals surface area contributed by atoms with Crippen LogP contribution >= 0.6 is 0 Å². The van der Waals surface area contributed by atoms with Crippen LogP contribution in [0.25, 0.3) is 0 Å². The van der Waals surface area contributed by atoms with Gasteiger partial charge in [-0.25, -0.2) is 0 Å². The predicted molar refractivity (Wildman–Crippen MR) is 25.6 cm³/mol. The van der Waals surface area contributed by atoms with E-state index in [1.165, 1.54) is 6.39 Å². The Morgan fingerprint density at radius 2 is 2.75 bits per heavy atom. The molecule has 0 spiro atoms. The molecule has 1 aromatic heterocycles. The van der Waals surface area contributed by atoms with E-state index in [-0.39, 0.29) is 0 Å². The summed E-state index contributed by atoms with van der Waals surface area (Å²) >= 11 is 0. The average Bonchev–Trinajstić information content (AvgIpc) is 2.15. The molecule has 4 nitrogen and oxygen atoms in total. The summed E-state index contributed by atoms with van der Waals surface area (Å²) in [4.78, 5) is 3.79. The summed E-state index contributed by atoms with van der Waals surface area (Å²) in [6.45, 7) is 0.474. The number of hydrogen-bond acceptors (Lipinski definition) is 4. The lowest BCUT2D eigenvalue weighted by atomic mass is 10.8. The zero-order valence-corrected chi connectivity index (χ0v) is 4.05. The molecule has 0 aromatic carbocycles. The number of nitrogens with one attached hydrogen (secondary N) is 1. The van der Waals surface area contributed by atoms with Gasteiger partial charge in [-0.1, -0.05) is 0 Å². The van der Waals surface area contributed by atoms with E-state index in [2.05, 4.69) is 10.3 Å². The fraction of sp³-hybridized carbons (Fsp3) is 0.250. The van der Waals surface area contributed by atoms with E-state index in [9.17, 15) is 0 Å². The molecule has 2 heterocycles. The number of hydrogen-bond donors (Lipinski definition) is 1. The maximum absolute atomic E-state index is 4.90. The summed E-state index contributed by atoms with van der Waals surface area (Å²) in [6.07, 6.45) is 1.34. The second kappa shape index (κ2) is 1.15. The summed E-state index contributed by atoms with van der Waals surface area (Å²) in [5.74, 6) is 1.19. The molecule has 0 radical (unpaired) electrons. The van der Waals surface area contributed by atoms with Crippen LogP contribution in [0.3, 0.4) is 0 Å². The second-order valence-corrected chi connectivity index (χ2v) is 1.45. The minimum absolute atomic E-state index is 0.474. The molecule has 0 saturated heterocycles. The molecule has 0 amide bonds. The first-order valence-corrected chi connectivity index (χ1v) is 2.27. The predicted octanol–water partition coefficient (Wildman–Crippen LogP) is 0.436. The van der Waals surface area contributed by atoms with Crippen LogP contribution in [0.1, 0.15) is 0 Å². The van der Waals surface area contributed by atoms with E-state index >= 15 is 0 Å². The molecule has 4 heteroatoms. The third-order valence-corrected chi connectivity index (χ3v) is 0.978. The Morgan fingerprint density at radius 1 is 1.75 bits per heavy atom. The maximum atomic E-state index is 4.90. The molecule has 8 heavy (non-hydrogen) atoms. The normalized spacial score (nSPS) is 14.5. The molecule has 0 bridgehead atoms. The summed E-state index contributed by atoms with van der Waals surface area (Å²) in [6, 6.07) is 0. The van der Waals surface area contributed by atoms with Crippen LogP contribution in [-0.2, 0) is 0 Å². The fourth-order valence-electron chi connectivity index (χ4n) is 0.626. The van der Waals surface area contributed by atoms with Crippen molar-refractivity contribution in [3.05, 3.63) is 6.39 Å². The maximum Gasteiger partial charge on any atom is 0.332 e. The van der Waals surface area contributed by atoms with Gasteiger partial charge in [0.15, 0.2) is 13.1 Å². The van der Waals surface area contributed by atoms with Crippen LogP contribution in [-0.4, -0.2) is 11.7 Å². The molecule has 1 aliphatic heterocycles. The van der Waals surface area contributed by atoms with Gasteiger partial charge in [0.1, 0.15) is 0 Å². The van der Waals surface area contributed by atoms with Gasteiger partial charge >= 0.3 is 5.95 Å². The summed E-state index contributed by atoms with van der Waals surface area (Å²) in [5.41, 5.74) is 0. The first-order chi connectivity index (χ1) is 3.97. The van der Waals surface area contributed by atoms with Crippen molar-refractivity contribution in [3.8, 4) is 5.95 Å². The summed E-state index contributed by atoms with van der Waals surface area (Å²) in [7, 11) is 0. The van der Waals surface area contributed by atoms with Crippen LogP contribution in [0.4, 0.5) is 5.82 Å². The standard InChI is InChI=1S/C4H4N2O2/c1-5-3-4(7-1)8-2-6-3/h1,6H,2H2. The van der Waals surface area contributed by atoms with Crippen molar-refractivity contribution < 1.29 is 9.15 Å². The number of ether oxygens (including phenoxy) is 1. The molecule has 0 aliphatic carbocycles. The highest BCUT2D eigenvalue weighted by atomic mass is 16.6. The van der Waals surface area contributed by atoms with Crippen molar-refractivity contribution >= 4 is 5.82 Å². The van der Waals surface area contributed by atoms with E-state index < -0.39 is 0 Å². The van der Waals surface area contributed by atoms with Crippen molar-refractivity contribution in [3.63, 3.8) is 0 Å². The molecule has 42 valence electrons. The van der Waals surface area contributed by atoms with Crippen molar-refractivity contribution in [1.29, 1.82) is 0 Å². The Hall–Kier alpha value is -1.19. The van der Waals surface area contributed by atoms with Crippen LogP contribution in [0.2, 0.25) is 0 Å². The van der Waals surface area contributed by atoms with E-state index in [1.807, 2.05) is 0 Å². The van der Waals surface area contributed by atoms with E-state index in [1.54, 1.807) is 0 Å². The van der Waals surface area contributed by atoms with E-state index in [0.717, 1.165) is 0 Å². The van der Waals surface area contributed by atoms with Crippen molar-refractivity contribution in [2.24, 2.45) is 0 Å². The topological polar surface area (TPSA) is 47.3 Å². The highest BCUT2D eigenvalue weighted by Gasteiger charge is 2.14. The minimum atomic E-state index is 0.474. The molecule has 2 rings (SSSR count). The third-order valence-electron chi connectivity index (χ3n) is 0.978. The molecular formula is C4H4N2O2. The molecule has 1 aromatic rings.